The van der Waals surface area contributed by atoms with Crippen LogP contribution in [0.4, 0.5) is 5.69 Å². The molecule has 0 aliphatic carbocycles. The second-order valence-corrected chi connectivity index (χ2v) is 4.14. The van der Waals surface area contributed by atoms with Crippen molar-refractivity contribution in [2.75, 3.05) is 11.9 Å². The van der Waals surface area contributed by atoms with Gasteiger partial charge in [0.15, 0.2) is 0 Å². The smallest absolute Gasteiger partial charge is 0.340 e. The van der Waals surface area contributed by atoms with E-state index >= 15 is 0 Å². The fourth-order valence-electron chi connectivity index (χ4n) is 1.77. The van der Waals surface area contributed by atoms with Crippen LogP contribution >= 0.6 is 0 Å². The maximum atomic E-state index is 11.8. The number of aryl methyl sites for hydroxylation is 1. The number of nitrogens with one attached hydrogen (secondary N) is 2. The number of carbonyl (C=O) groups is 1. The minimum absolute atomic E-state index is 0.311. The lowest BCUT2D eigenvalue weighted by molar-refractivity contribution is 0.0527. The zero-order valence-electron chi connectivity index (χ0n) is 11.1. The van der Waals surface area contributed by atoms with Crippen molar-refractivity contribution in [3.05, 3.63) is 47.3 Å². The van der Waals surface area contributed by atoms with Crippen LogP contribution in [0.15, 0.2) is 30.5 Å². The van der Waals surface area contributed by atoms with Crippen LogP contribution in [0, 0.1) is 6.92 Å². The van der Waals surface area contributed by atoms with Crippen molar-refractivity contribution >= 4 is 11.7 Å². The molecule has 0 aliphatic heterocycles. The number of benzene rings is 1. The number of rotatable bonds is 5. The second-order valence-electron chi connectivity index (χ2n) is 4.14. The summed E-state index contributed by atoms with van der Waals surface area (Å²) in [6, 6.07) is 7.32. The van der Waals surface area contributed by atoms with Gasteiger partial charge in [0.25, 0.3) is 0 Å². The molecule has 0 saturated heterocycles. The Balaban J connectivity index is 2.12. The van der Waals surface area contributed by atoms with E-state index in [0.29, 0.717) is 18.7 Å². The number of hydrogen-bond acceptors (Lipinski definition) is 4. The molecule has 0 atom stereocenters. The minimum atomic E-state index is -0.311. The third-order valence-corrected chi connectivity index (χ3v) is 2.83. The minimum Gasteiger partial charge on any atom is -0.462 e. The molecule has 0 unspecified atom stereocenters. The van der Waals surface area contributed by atoms with Gasteiger partial charge in [-0.1, -0.05) is 12.1 Å². The number of anilines is 1. The lowest BCUT2D eigenvalue weighted by Crippen LogP contribution is -2.09. The summed E-state index contributed by atoms with van der Waals surface area (Å²) in [5, 5.41) is 10.1. The van der Waals surface area contributed by atoms with Gasteiger partial charge < -0.3 is 10.1 Å². The molecule has 0 fully saturated rings. The summed E-state index contributed by atoms with van der Waals surface area (Å²) in [6.07, 6.45) is 1.77. The Morgan fingerprint density at radius 2 is 2.21 bits per heavy atom. The zero-order valence-corrected chi connectivity index (χ0v) is 11.1. The third kappa shape index (κ3) is 3.13. The normalized spacial score (nSPS) is 10.2. The summed E-state index contributed by atoms with van der Waals surface area (Å²) in [4.78, 5) is 11.8. The standard InChI is InChI=1S/C14H17N3O2/c1-3-19-14(18)12-6-4-5-7-13(12)15-8-11-9-16-17-10(11)2/h4-7,9,15H,3,8H2,1-2H3,(H,16,17). The number of nitrogens with zero attached hydrogens (tertiary/aromatic N) is 1. The molecule has 0 bridgehead atoms. The number of aromatic nitrogens is 2. The summed E-state index contributed by atoms with van der Waals surface area (Å²) >= 11 is 0. The highest BCUT2D eigenvalue weighted by atomic mass is 16.5. The molecule has 0 amide bonds. The number of aromatic amines is 1. The van der Waals surface area contributed by atoms with Crippen LogP contribution in [-0.2, 0) is 11.3 Å². The van der Waals surface area contributed by atoms with Crippen molar-refractivity contribution in [3.8, 4) is 0 Å². The molecule has 2 rings (SSSR count). The molecule has 1 heterocycles. The highest BCUT2D eigenvalue weighted by Crippen LogP contribution is 2.17. The fraction of sp³-hybridized carbons (Fsp3) is 0.286. The van der Waals surface area contributed by atoms with Crippen molar-refractivity contribution in [3.63, 3.8) is 0 Å². The van der Waals surface area contributed by atoms with Gasteiger partial charge in [0.1, 0.15) is 0 Å². The molecule has 0 spiro atoms. The molecular formula is C14H17N3O2. The summed E-state index contributed by atoms with van der Waals surface area (Å²) in [5.41, 5.74) is 3.40. The van der Waals surface area contributed by atoms with Crippen LogP contribution in [0.25, 0.3) is 0 Å². The maximum Gasteiger partial charge on any atom is 0.340 e. The predicted molar refractivity (Wildman–Crippen MR) is 73.0 cm³/mol. The molecule has 0 saturated carbocycles. The Kier molecular flexibility index (Phi) is 4.18. The van der Waals surface area contributed by atoms with E-state index in [9.17, 15) is 4.79 Å². The Hall–Kier alpha value is -2.30. The molecule has 19 heavy (non-hydrogen) atoms. The number of ether oxygens (including phenoxy) is 1. The van der Waals surface area contributed by atoms with E-state index in [-0.39, 0.29) is 5.97 Å². The molecule has 2 N–H and O–H groups in total. The summed E-state index contributed by atoms with van der Waals surface area (Å²) in [5.74, 6) is -0.311. The van der Waals surface area contributed by atoms with Gasteiger partial charge in [-0.05, 0) is 26.0 Å². The van der Waals surface area contributed by atoms with Crippen molar-refractivity contribution in [1.29, 1.82) is 0 Å². The largest absolute Gasteiger partial charge is 0.462 e. The Bertz CT molecular complexity index is 563. The molecule has 5 nitrogen and oxygen atoms in total. The van der Waals surface area contributed by atoms with Crippen LogP contribution < -0.4 is 5.32 Å². The number of esters is 1. The predicted octanol–water partition coefficient (Wildman–Crippen LogP) is 2.51. The molecular weight excluding hydrogens is 242 g/mol. The molecule has 100 valence electrons. The molecule has 1 aromatic heterocycles. The van der Waals surface area contributed by atoms with Gasteiger partial charge in [0.05, 0.1) is 18.4 Å². The van der Waals surface area contributed by atoms with E-state index in [1.165, 1.54) is 0 Å². The first-order chi connectivity index (χ1) is 9.22. The fourth-order valence-corrected chi connectivity index (χ4v) is 1.77. The first-order valence-corrected chi connectivity index (χ1v) is 6.21. The Morgan fingerprint density at radius 3 is 2.89 bits per heavy atom. The molecule has 0 aliphatic rings. The number of carbonyl (C=O) groups excluding carboxylic acids is 1. The Morgan fingerprint density at radius 1 is 1.42 bits per heavy atom. The molecule has 5 heteroatoms. The lowest BCUT2D eigenvalue weighted by atomic mass is 10.1. The number of H-pyrrole nitrogens is 1. The Labute approximate surface area is 112 Å². The van der Waals surface area contributed by atoms with Crippen LogP contribution in [0.2, 0.25) is 0 Å². The first kappa shape index (κ1) is 13.1. The molecule has 0 radical (unpaired) electrons. The van der Waals surface area contributed by atoms with Gasteiger partial charge in [-0.25, -0.2) is 4.79 Å². The highest BCUT2D eigenvalue weighted by molar-refractivity contribution is 5.95. The SMILES string of the molecule is CCOC(=O)c1ccccc1NCc1cn[nH]c1C. The highest BCUT2D eigenvalue weighted by Gasteiger charge is 2.11. The monoisotopic (exact) mass is 259 g/mol. The van der Waals surface area contributed by atoms with E-state index in [2.05, 4.69) is 15.5 Å². The van der Waals surface area contributed by atoms with Gasteiger partial charge in [-0.15, -0.1) is 0 Å². The topological polar surface area (TPSA) is 67.0 Å². The average molecular weight is 259 g/mol. The van der Waals surface area contributed by atoms with Gasteiger partial charge >= 0.3 is 5.97 Å². The zero-order chi connectivity index (χ0) is 13.7. The summed E-state index contributed by atoms with van der Waals surface area (Å²) in [6.45, 7) is 4.73. The number of para-hydroxylation sites is 1. The summed E-state index contributed by atoms with van der Waals surface area (Å²) < 4.78 is 5.03. The maximum absolute atomic E-state index is 11.8. The van der Waals surface area contributed by atoms with Gasteiger partial charge in [0, 0.05) is 23.5 Å². The van der Waals surface area contributed by atoms with Gasteiger partial charge in [0.2, 0.25) is 0 Å². The quantitative estimate of drug-likeness (QED) is 0.810. The van der Waals surface area contributed by atoms with Crippen LogP contribution in [0.5, 0.6) is 0 Å². The van der Waals surface area contributed by atoms with Crippen LogP contribution in [-0.4, -0.2) is 22.8 Å². The number of hydrogen-bond donors (Lipinski definition) is 2. The van der Waals surface area contributed by atoms with Crippen LogP contribution in [0.3, 0.4) is 0 Å². The van der Waals surface area contributed by atoms with Crippen molar-refractivity contribution in [1.82, 2.24) is 10.2 Å². The van der Waals surface area contributed by atoms with E-state index < -0.39 is 0 Å². The van der Waals surface area contributed by atoms with E-state index in [0.717, 1.165) is 16.9 Å². The van der Waals surface area contributed by atoms with E-state index in [1.54, 1.807) is 19.2 Å². The first-order valence-electron chi connectivity index (χ1n) is 6.21. The molecule has 2 aromatic rings. The second kappa shape index (κ2) is 6.04. The lowest BCUT2D eigenvalue weighted by Gasteiger charge is -2.10. The summed E-state index contributed by atoms with van der Waals surface area (Å²) in [7, 11) is 0. The molecule has 1 aromatic carbocycles. The van der Waals surface area contributed by atoms with Crippen molar-refractivity contribution in [2.45, 2.75) is 20.4 Å². The van der Waals surface area contributed by atoms with Crippen molar-refractivity contribution < 1.29 is 9.53 Å². The van der Waals surface area contributed by atoms with Gasteiger partial charge in [-0.3, -0.25) is 5.10 Å². The van der Waals surface area contributed by atoms with Crippen LogP contribution in [0.1, 0.15) is 28.5 Å². The van der Waals surface area contributed by atoms with E-state index in [1.807, 2.05) is 25.1 Å². The van der Waals surface area contributed by atoms with Crippen molar-refractivity contribution in [2.24, 2.45) is 0 Å². The van der Waals surface area contributed by atoms with Gasteiger partial charge in [-0.2, -0.15) is 5.10 Å². The third-order valence-electron chi connectivity index (χ3n) is 2.83. The average Bonchev–Trinajstić information content (AvgIpc) is 2.82. The van der Waals surface area contributed by atoms with E-state index in [4.69, 9.17) is 4.74 Å².